The summed E-state index contributed by atoms with van der Waals surface area (Å²) in [5, 5.41) is 0. The lowest BCUT2D eigenvalue weighted by atomic mass is 9.85. The highest BCUT2D eigenvalue weighted by atomic mass is 79.9. The Bertz CT molecular complexity index is 458. The van der Waals surface area contributed by atoms with Crippen molar-refractivity contribution in [3.8, 4) is 0 Å². The van der Waals surface area contributed by atoms with Crippen molar-refractivity contribution in [3.05, 3.63) is 39.9 Å². The van der Waals surface area contributed by atoms with E-state index in [1.165, 1.54) is 0 Å². The molecule has 18 heavy (non-hydrogen) atoms. The van der Waals surface area contributed by atoms with E-state index in [1.54, 1.807) is 0 Å². The Balaban J connectivity index is 3.45. The number of amides is 1. The monoisotopic (exact) mass is 309 g/mol. The molecule has 0 heterocycles. The summed E-state index contributed by atoms with van der Waals surface area (Å²) < 4.78 is 1.03. The molecule has 1 aromatic carbocycles. The quantitative estimate of drug-likeness (QED) is 0.839. The summed E-state index contributed by atoms with van der Waals surface area (Å²) in [6, 6.07) is 8.00. The molecule has 0 aliphatic rings. The Kier molecular flexibility index (Phi) is 5.15. The minimum Gasteiger partial charge on any atom is -0.366 e. The first-order valence-corrected chi connectivity index (χ1v) is 6.93. The molecule has 0 spiro atoms. The van der Waals surface area contributed by atoms with E-state index in [9.17, 15) is 4.79 Å². The fourth-order valence-corrected chi connectivity index (χ4v) is 2.42. The standard InChI is InChI=1S/C15H20BrNO/c1-9(2)13(14(10(3)4)15(17)18)11-5-7-12(16)8-6-11/h5-10H,1-4H3,(H2,17,18). The van der Waals surface area contributed by atoms with Gasteiger partial charge in [0.2, 0.25) is 5.91 Å². The van der Waals surface area contributed by atoms with Gasteiger partial charge in [-0.2, -0.15) is 0 Å². The fourth-order valence-electron chi connectivity index (χ4n) is 2.16. The van der Waals surface area contributed by atoms with E-state index >= 15 is 0 Å². The van der Waals surface area contributed by atoms with Gasteiger partial charge < -0.3 is 5.73 Å². The average molecular weight is 310 g/mol. The molecule has 0 aromatic heterocycles. The summed E-state index contributed by atoms with van der Waals surface area (Å²) in [4.78, 5) is 11.7. The van der Waals surface area contributed by atoms with Crippen molar-refractivity contribution in [2.24, 2.45) is 17.6 Å². The SMILES string of the molecule is CC(C)C(C(N)=O)=C(c1ccc(Br)cc1)C(C)C. The number of hydrogen-bond donors (Lipinski definition) is 1. The molecule has 0 fully saturated rings. The number of hydrogen-bond acceptors (Lipinski definition) is 1. The zero-order chi connectivity index (χ0) is 13.9. The molecule has 1 amide bonds. The third-order valence-corrected chi connectivity index (χ3v) is 3.39. The van der Waals surface area contributed by atoms with Crippen LogP contribution in [0.2, 0.25) is 0 Å². The van der Waals surface area contributed by atoms with Crippen molar-refractivity contribution in [1.29, 1.82) is 0 Å². The van der Waals surface area contributed by atoms with Gasteiger partial charge in [0, 0.05) is 10.0 Å². The molecule has 3 heteroatoms. The first kappa shape index (κ1) is 15.0. The molecular formula is C15H20BrNO. The van der Waals surface area contributed by atoms with Crippen molar-refractivity contribution >= 4 is 27.4 Å². The number of allylic oxidation sites excluding steroid dienone is 1. The lowest BCUT2D eigenvalue weighted by Gasteiger charge is -2.19. The smallest absolute Gasteiger partial charge is 0.245 e. The van der Waals surface area contributed by atoms with E-state index in [-0.39, 0.29) is 17.7 Å². The van der Waals surface area contributed by atoms with Gasteiger partial charge in [0.1, 0.15) is 0 Å². The second kappa shape index (κ2) is 6.19. The van der Waals surface area contributed by atoms with Gasteiger partial charge in [-0.3, -0.25) is 4.79 Å². The molecule has 0 radical (unpaired) electrons. The molecule has 1 rings (SSSR count). The topological polar surface area (TPSA) is 43.1 Å². The first-order valence-electron chi connectivity index (χ1n) is 6.14. The number of halogens is 1. The lowest BCUT2D eigenvalue weighted by molar-refractivity contribution is -0.114. The average Bonchev–Trinajstić information content (AvgIpc) is 2.25. The van der Waals surface area contributed by atoms with Crippen LogP contribution in [0.5, 0.6) is 0 Å². The van der Waals surface area contributed by atoms with Crippen LogP contribution in [0.15, 0.2) is 34.3 Å². The van der Waals surface area contributed by atoms with Crippen LogP contribution >= 0.6 is 15.9 Å². The van der Waals surface area contributed by atoms with Crippen molar-refractivity contribution < 1.29 is 4.79 Å². The molecule has 2 N–H and O–H groups in total. The van der Waals surface area contributed by atoms with Crippen LogP contribution in [0.25, 0.3) is 5.57 Å². The van der Waals surface area contributed by atoms with E-state index in [0.29, 0.717) is 0 Å². The van der Waals surface area contributed by atoms with Gasteiger partial charge in [-0.25, -0.2) is 0 Å². The van der Waals surface area contributed by atoms with E-state index in [2.05, 4.69) is 29.8 Å². The van der Waals surface area contributed by atoms with E-state index in [0.717, 1.165) is 21.2 Å². The van der Waals surface area contributed by atoms with Crippen LogP contribution in [0.1, 0.15) is 33.3 Å². The van der Waals surface area contributed by atoms with Gasteiger partial charge in [-0.05, 0) is 35.1 Å². The highest BCUT2D eigenvalue weighted by molar-refractivity contribution is 9.10. The van der Waals surface area contributed by atoms with Crippen molar-refractivity contribution in [2.45, 2.75) is 27.7 Å². The first-order chi connectivity index (χ1) is 8.34. The van der Waals surface area contributed by atoms with E-state index < -0.39 is 0 Å². The van der Waals surface area contributed by atoms with Crippen LogP contribution in [-0.4, -0.2) is 5.91 Å². The zero-order valence-corrected chi connectivity index (χ0v) is 12.9. The van der Waals surface area contributed by atoms with Gasteiger partial charge >= 0.3 is 0 Å². The Morgan fingerprint density at radius 3 is 1.89 bits per heavy atom. The maximum atomic E-state index is 11.7. The number of carbonyl (C=O) groups is 1. The summed E-state index contributed by atoms with van der Waals surface area (Å²) in [5.74, 6) is 0.0660. The van der Waals surface area contributed by atoms with E-state index in [1.807, 2.05) is 38.1 Å². The van der Waals surface area contributed by atoms with Crippen molar-refractivity contribution in [2.75, 3.05) is 0 Å². The van der Waals surface area contributed by atoms with Crippen LogP contribution in [0, 0.1) is 11.8 Å². The molecule has 0 unspecified atom stereocenters. The third kappa shape index (κ3) is 3.45. The van der Waals surface area contributed by atoms with Gasteiger partial charge in [0.05, 0.1) is 0 Å². The summed E-state index contributed by atoms with van der Waals surface area (Å²) in [6.45, 7) is 8.17. The lowest BCUT2D eigenvalue weighted by Crippen LogP contribution is -2.21. The fraction of sp³-hybridized carbons (Fsp3) is 0.400. The minimum atomic E-state index is -0.323. The maximum Gasteiger partial charge on any atom is 0.245 e. The van der Waals surface area contributed by atoms with Crippen LogP contribution in [-0.2, 0) is 4.79 Å². The van der Waals surface area contributed by atoms with Gasteiger partial charge in [0.15, 0.2) is 0 Å². The highest BCUT2D eigenvalue weighted by Crippen LogP contribution is 2.31. The largest absolute Gasteiger partial charge is 0.366 e. The molecule has 0 saturated carbocycles. The predicted octanol–water partition coefficient (Wildman–Crippen LogP) is 4.00. The Morgan fingerprint density at radius 1 is 1.06 bits per heavy atom. The van der Waals surface area contributed by atoms with Crippen LogP contribution < -0.4 is 5.73 Å². The maximum absolute atomic E-state index is 11.7. The molecule has 0 saturated heterocycles. The van der Waals surface area contributed by atoms with Gasteiger partial charge in [-0.15, -0.1) is 0 Å². The van der Waals surface area contributed by atoms with Crippen molar-refractivity contribution in [3.63, 3.8) is 0 Å². The molecular weight excluding hydrogens is 290 g/mol. The normalized spacial score (nSPS) is 12.8. The van der Waals surface area contributed by atoms with Gasteiger partial charge in [0.25, 0.3) is 0 Å². The third-order valence-electron chi connectivity index (χ3n) is 2.87. The number of rotatable bonds is 4. The molecule has 0 aliphatic carbocycles. The molecule has 1 aromatic rings. The second-order valence-electron chi connectivity index (χ2n) is 5.01. The summed E-state index contributed by atoms with van der Waals surface area (Å²) in [5.41, 5.74) is 8.38. The molecule has 0 atom stereocenters. The summed E-state index contributed by atoms with van der Waals surface area (Å²) >= 11 is 3.42. The number of nitrogens with two attached hydrogens (primary N) is 1. The van der Waals surface area contributed by atoms with Crippen LogP contribution in [0.4, 0.5) is 0 Å². The van der Waals surface area contributed by atoms with E-state index in [4.69, 9.17) is 5.73 Å². The molecule has 98 valence electrons. The summed E-state index contributed by atoms with van der Waals surface area (Å²) in [6.07, 6.45) is 0. The minimum absolute atomic E-state index is 0.128. The predicted molar refractivity (Wildman–Crippen MR) is 79.9 cm³/mol. The Hall–Kier alpha value is -1.09. The van der Waals surface area contributed by atoms with Crippen molar-refractivity contribution in [1.82, 2.24) is 0 Å². The second-order valence-corrected chi connectivity index (χ2v) is 5.92. The molecule has 0 bridgehead atoms. The summed E-state index contributed by atoms with van der Waals surface area (Å²) in [7, 11) is 0. The van der Waals surface area contributed by atoms with Crippen LogP contribution in [0.3, 0.4) is 0 Å². The number of benzene rings is 1. The molecule has 0 aliphatic heterocycles. The number of primary amides is 1. The Morgan fingerprint density at radius 2 is 1.56 bits per heavy atom. The number of carbonyl (C=O) groups excluding carboxylic acids is 1. The zero-order valence-electron chi connectivity index (χ0n) is 11.3. The van der Waals surface area contributed by atoms with Gasteiger partial charge in [-0.1, -0.05) is 55.8 Å². The Labute approximate surface area is 117 Å². The molecule has 2 nitrogen and oxygen atoms in total. The highest BCUT2D eigenvalue weighted by Gasteiger charge is 2.19.